The van der Waals surface area contributed by atoms with E-state index in [2.05, 4.69) is 15.3 Å². The number of carbonyl (C=O) groups excluding carboxylic acids is 1. The van der Waals surface area contributed by atoms with Gasteiger partial charge in [-0.3, -0.25) is 4.79 Å². The van der Waals surface area contributed by atoms with Gasteiger partial charge in [-0.2, -0.15) is 0 Å². The Morgan fingerprint density at radius 1 is 1.42 bits per heavy atom. The van der Waals surface area contributed by atoms with Gasteiger partial charge in [-0.05, 0) is 12.8 Å². The maximum atomic E-state index is 12.0. The van der Waals surface area contributed by atoms with Crippen molar-refractivity contribution in [3.8, 4) is 0 Å². The van der Waals surface area contributed by atoms with Gasteiger partial charge in [-0.25, -0.2) is 9.78 Å². The highest BCUT2D eigenvalue weighted by Crippen LogP contribution is 2.23. The average Bonchev–Trinajstić information content (AvgIpc) is 2.91. The van der Waals surface area contributed by atoms with Gasteiger partial charge < -0.3 is 15.4 Å². The van der Waals surface area contributed by atoms with Crippen LogP contribution in [0.5, 0.6) is 0 Å². The van der Waals surface area contributed by atoms with Gasteiger partial charge in [0.2, 0.25) is 5.91 Å². The summed E-state index contributed by atoms with van der Waals surface area (Å²) in [6, 6.07) is -0.894. The number of carboxylic acid groups (broad SMARTS) is 1. The van der Waals surface area contributed by atoms with Crippen LogP contribution in [0.25, 0.3) is 0 Å². The third-order valence-electron chi connectivity index (χ3n) is 3.57. The van der Waals surface area contributed by atoms with Crippen LogP contribution in [0.4, 0.5) is 0 Å². The number of aliphatic carboxylic acids is 1. The van der Waals surface area contributed by atoms with Gasteiger partial charge >= 0.3 is 5.97 Å². The first kappa shape index (κ1) is 13.6. The van der Waals surface area contributed by atoms with E-state index in [4.69, 9.17) is 0 Å². The van der Waals surface area contributed by atoms with E-state index in [1.54, 1.807) is 6.20 Å². The van der Waals surface area contributed by atoms with Gasteiger partial charge in [0.15, 0.2) is 0 Å². The van der Waals surface area contributed by atoms with Crippen LogP contribution in [0.2, 0.25) is 0 Å². The van der Waals surface area contributed by atoms with E-state index in [-0.39, 0.29) is 18.2 Å². The molecule has 2 rings (SSSR count). The molecule has 1 atom stereocenters. The topological polar surface area (TPSA) is 95.1 Å². The number of nitrogens with zero attached hydrogens (tertiary/aromatic N) is 1. The van der Waals surface area contributed by atoms with Crippen molar-refractivity contribution < 1.29 is 14.7 Å². The first-order valence-electron chi connectivity index (χ1n) is 6.67. The normalized spacial score (nSPS) is 17.9. The fraction of sp³-hybridized carbons (Fsp3) is 0.615. The zero-order chi connectivity index (χ0) is 13.7. The lowest BCUT2D eigenvalue weighted by Gasteiger charge is -2.23. The van der Waals surface area contributed by atoms with Crippen molar-refractivity contribution in [3.63, 3.8) is 0 Å². The van der Waals surface area contributed by atoms with E-state index in [0.29, 0.717) is 5.69 Å². The summed E-state index contributed by atoms with van der Waals surface area (Å²) >= 11 is 0. The second kappa shape index (κ2) is 6.36. The summed E-state index contributed by atoms with van der Waals surface area (Å²) in [5.41, 5.74) is 0.705. The summed E-state index contributed by atoms with van der Waals surface area (Å²) in [4.78, 5) is 29.9. The molecule has 1 aromatic rings. The molecule has 104 valence electrons. The van der Waals surface area contributed by atoms with Crippen molar-refractivity contribution >= 4 is 11.9 Å². The van der Waals surface area contributed by atoms with E-state index in [1.807, 2.05) is 0 Å². The third kappa shape index (κ3) is 3.81. The van der Waals surface area contributed by atoms with E-state index in [9.17, 15) is 14.7 Å². The molecule has 1 aromatic heterocycles. The minimum absolute atomic E-state index is 0.0302. The number of carboxylic acids is 1. The van der Waals surface area contributed by atoms with Crippen molar-refractivity contribution in [2.24, 2.45) is 5.92 Å². The highest BCUT2D eigenvalue weighted by atomic mass is 16.4. The van der Waals surface area contributed by atoms with Crippen molar-refractivity contribution in [1.29, 1.82) is 0 Å². The summed E-state index contributed by atoms with van der Waals surface area (Å²) in [7, 11) is 0. The Kier molecular flexibility index (Phi) is 4.54. The summed E-state index contributed by atoms with van der Waals surface area (Å²) in [5.74, 6) is -1.18. The fourth-order valence-corrected chi connectivity index (χ4v) is 2.47. The maximum Gasteiger partial charge on any atom is 0.326 e. The third-order valence-corrected chi connectivity index (χ3v) is 3.57. The van der Waals surface area contributed by atoms with Gasteiger partial charge in [-0.15, -0.1) is 0 Å². The Labute approximate surface area is 111 Å². The molecule has 6 nitrogen and oxygen atoms in total. The predicted molar refractivity (Wildman–Crippen MR) is 68.4 cm³/mol. The Morgan fingerprint density at radius 2 is 2.16 bits per heavy atom. The minimum Gasteiger partial charge on any atom is -0.480 e. The Morgan fingerprint density at radius 3 is 2.74 bits per heavy atom. The summed E-state index contributed by atoms with van der Waals surface area (Å²) in [5, 5.41) is 11.8. The van der Waals surface area contributed by atoms with Gasteiger partial charge in [0.1, 0.15) is 6.04 Å². The van der Waals surface area contributed by atoms with Crippen LogP contribution in [-0.4, -0.2) is 33.0 Å². The van der Waals surface area contributed by atoms with E-state index in [0.717, 1.165) is 25.7 Å². The van der Waals surface area contributed by atoms with Crippen molar-refractivity contribution in [3.05, 3.63) is 18.2 Å². The number of carbonyl (C=O) groups is 2. The Hall–Kier alpha value is -1.85. The highest BCUT2D eigenvalue weighted by Gasteiger charge is 2.26. The Balaban J connectivity index is 1.92. The molecule has 0 bridgehead atoms. The molecule has 19 heavy (non-hydrogen) atoms. The molecule has 3 N–H and O–H groups in total. The molecule has 1 aliphatic rings. The second-order valence-electron chi connectivity index (χ2n) is 5.02. The number of imidazole rings is 1. The molecular formula is C13H19N3O3. The molecule has 1 amide bonds. The number of aromatic nitrogens is 2. The van der Waals surface area contributed by atoms with Gasteiger partial charge in [0, 0.05) is 24.2 Å². The maximum absolute atomic E-state index is 12.0. The molecule has 0 aliphatic heterocycles. The number of rotatable bonds is 5. The highest BCUT2D eigenvalue weighted by molar-refractivity contribution is 5.85. The monoisotopic (exact) mass is 265 g/mol. The molecule has 1 saturated carbocycles. The van der Waals surface area contributed by atoms with Crippen molar-refractivity contribution in [2.75, 3.05) is 0 Å². The smallest absolute Gasteiger partial charge is 0.326 e. The zero-order valence-electron chi connectivity index (χ0n) is 10.8. The van der Waals surface area contributed by atoms with Gasteiger partial charge in [0.05, 0.1) is 6.33 Å². The molecule has 0 saturated heterocycles. The number of aromatic amines is 1. The molecule has 0 radical (unpaired) electrons. The molecular weight excluding hydrogens is 246 g/mol. The van der Waals surface area contributed by atoms with E-state index in [1.165, 1.54) is 12.7 Å². The van der Waals surface area contributed by atoms with E-state index >= 15 is 0 Å². The Bertz CT molecular complexity index is 424. The van der Waals surface area contributed by atoms with Crippen LogP contribution in [0.3, 0.4) is 0 Å². The van der Waals surface area contributed by atoms with Crippen LogP contribution in [-0.2, 0) is 16.0 Å². The largest absolute Gasteiger partial charge is 0.480 e. The quantitative estimate of drug-likeness (QED) is 0.743. The number of hydrogen-bond donors (Lipinski definition) is 3. The van der Waals surface area contributed by atoms with Gasteiger partial charge in [0.25, 0.3) is 0 Å². The van der Waals surface area contributed by atoms with Gasteiger partial charge in [-0.1, -0.05) is 19.3 Å². The van der Waals surface area contributed by atoms with Crippen LogP contribution in [0, 0.1) is 5.92 Å². The first-order chi connectivity index (χ1) is 9.16. The summed E-state index contributed by atoms with van der Waals surface area (Å²) < 4.78 is 0. The lowest BCUT2D eigenvalue weighted by molar-refractivity contribution is -0.142. The molecule has 1 aliphatic carbocycles. The first-order valence-corrected chi connectivity index (χ1v) is 6.67. The zero-order valence-corrected chi connectivity index (χ0v) is 10.8. The predicted octanol–water partition coefficient (Wildman–Crippen LogP) is 1.10. The molecule has 6 heteroatoms. The lowest BCUT2D eigenvalue weighted by atomic mass is 9.88. The molecule has 0 aromatic carbocycles. The van der Waals surface area contributed by atoms with Crippen LogP contribution >= 0.6 is 0 Å². The average molecular weight is 265 g/mol. The number of H-pyrrole nitrogens is 1. The van der Waals surface area contributed by atoms with Crippen molar-refractivity contribution in [1.82, 2.24) is 15.3 Å². The fourth-order valence-electron chi connectivity index (χ4n) is 2.47. The van der Waals surface area contributed by atoms with Crippen LogP contribution < -0.4 is 5.32 Å². The summed E-state index contributed by atoms with van der Waals surface area (Å²) in [6.45, 7) is 0. The number of hydrogen-bond acceptors (Lipinski definition) is 3. The standard InChI is InChI=1S/C13H19N3O3/c17-12(9-4-2-1-3-5-9)16-11(13(18)19)6-10-7-14-8-15-10/h7-9,11H,1-6H2,(H,14,15)(H,16,17)(H,18,19)/t11-/m1/s1. The lowest BCUT2D eigenvalue weighted by Crippen LogP contribution is -2.45. The second-order valence-corrected chi connectivity index (χ2v) is 5.02. The van der Waals surface area contributed by atoms with E-state index < -0.39 is 12.0 Å². The molecule has 0 spiro atoms. The number of amides is 1. The van der Waals surface area contributed by atoms with Crippen LogP contribution in [0.1, 0.15) is 37.8 Å². The summed E-state index contributed by atoms with van der Waals surface area (Å²) in [6.07, 6.45) is 8.30. The molecule has 0 unspecified atom stereocenters. The van der Waals surface area contributed by atoms with Crippen molar-refractivity contribution in [2.45, 2.75) is 44.6 Å². The SMILES string of the molecule is O=C(N[C@H](Cc1cnc[nH]1)C(=O)O)C1CCCCC1. The number of nitrogens with one attached hydrogen (secondary N) is 2. The molecule has 1 heterocycles. The molecule has 1 fully saturated rings. The minimum atomic E-state index is -1.02. The van der Waals surface area contributed by atoms with Crippen LogP contribution in [0.15, 0.2) is 12.5 Å².